The molecule has 8 heteroatoms. The van der Waals surface area contributed by atoms with Crippen molar-refractivity contribution in [2.75, 3.05) is 45.9 Å². The number of carbonyl (C=O) groups excluding carboxylic acids is 2. The summed E-state index contributed by atoms with van der Waals surface area (Å²) in [4.78, 5) is 30.9. The van der Waals surface area contributed by atoms with Gasteiger partial charge in [0.05, 0.1) is 6.10 Å². The number of aliphatic hydroxyl groups excluding tert-OH is 1. The van der Waals surface area contributed by atoms with Crippen molar-refractivity contribution < 1.29 is 19.4 Å². The van der Waals surface area contributed by atoms with Gasteiger partial charge in [0.15, 0.2) is 0 Å². The lowest BCUT2D eigenvalue weighted by atomic mass is 9.87. The summed E-state index contributed by atoms with van der Waals surface area (Å²) in [7, 11) is 0. The second kappa shape index (κ2) is 8.26. The van der Waals surface area contributed by atoms with Crippen LogP contribution in [0.5, 0.6) is 0 Å². The molecule has 158 valence electrons. The second-order valence-corrected chi connectivity index (χ2v) is 8.91. The van der Waals surface area contributed by atoms with Gasteiger partial charge in [0.25, 0.3) is 5.91 Å². The third kappa shape index (κ3) is 3.79. The molecule has 0 aromatic heterocycles. The maximum atomic E-state index is 12.5. The largest absolute Gasteiger partial charge is 0.390 e. The monoisotopic (exact) mass is 394 g/mol. The van der Waals surface area contributed by atoms with Gasteiger partial charge in [-0.2, -0.15) is 0 Å². The van der Waals surface area contributed by atoms with Crippen molar-refractivity contribution in [2.45, 2.75) is 68.7 Å². The normalized spacial score (nSPS) is 35.2. The van der Waals surface area contributed by atoms with Crippen molar-refractivity contribution in [3.8, 4) is 0 Å². The lowest BCUT2D eigenvalue weighted by Crippen LogP contribution is -2.60. The average molecular weight is 395 g/mol. The van der Waals surface area contributed by atoms with E-state index in [1.165, 1.54) is 0 Å². The standard InChI is InChI=1S/C20H34N4O4/c21-19(27)20-6-1-3-15(5-7-20)24(20)14-16(25)13-22-8-10-23(11-9-22)18(26)17-4-2-12-28-17/h15-17,25H,1-14H2,(H2,21,27)/t15-,16-,17-,20+/m1/s1. The van der Waals surface area contributed by atoms with Gasteiger partial charge in [-0.3, -0.25) is 19.4 Å². The molecule has 0 aliphatic carbocycles. The summed E-state index contributed by atoms with van der Waals surface area (Å²) in [6, 6.07) is 0.372. The summed E-state index contributed by atoms with van der Waals surface area (Å²) in [5.74, 6) is -0.117. The molecule has 4 saturated heterocycles. The minimum absolute atomic E-state index is 0.117. The molecule has 8 nitrogen and oxygen atoms in total. The number of β-amino-alcohol motifs (C(OH)–C–C–N with tert-alkyl or cyclic N) is 1. The number of hydrogen-bond donors (Lipinski definition) is 2. The summed E-state index contributed by atoms with van der Waals surface area (Å²) in [5, 5.41) is 10.7. The van der Waals surface area contributed by atoms with Crippen molar-refractivity contribution in [3.05, 3.63) is 0 Å². The van der Waals surface area contributed by atoms with Crippen LogP contribution >= 0.6 is 0 Å². The molecule has 0 aromatic carbocycles. The van der Waals surface area contributed by atoms with E-state index in [1.54, 1.807) is 0 Å². The Labute approximate surface area is 167 Å². The first kappa shape index (κ1) is 20.1. The maximum absolute atomic E-state index is 12.5. The molecule has 3 N–H and O–H groups in total. The van der Waals surface area contributed by atoms with Gasteiger partial charge in [0.2, 0.25) is 5.91 Å². The molecule has 0 unspecified atom stereocenters. The topological polar surface area (TPSA) is 99.3 Å². The summed E-state index contributed by atoms with van der Waals surface area (Å²) in [6.07, 6.45) is 5.80. The van der Waals surface area contributed by atoms with Crippen LogP contribution in [0, 0.1) is 0 Å². The third-order valence-corrected chi connectivity index (χ3v) is 7.23. The minimum atomic E-state index is -0.545. The number of piperidine rings is 1. The Morgan fingerprint density at radius 1 is 1.07 bits per heavy atom. The Morgan fingerprint density at radius 3 is 2.54 bits per heavy atom. The van der Waals surface area contributed by atoms with E-state index in [0.29, 0.717) is 38.8 Å². The highest BCUT2D eigenvalue weighted by atomic mass is 16.5. The van der Waals surface area contributed by atoms with Gasteiger partial charge in [0, 0.05) is 51.9 Å². The molecular weight excluding hydrogens is 360 g/mol. The second-order valence-electron chi connectivity index (χ2n) is 8.91. The van der Waals surface area contributed by atoms with Crippen molar-refractivity contribution in [2.24, 2.45) is 5.73 Å². The van der Waals surface area contributed by atoms with Crippen LogP contribution in [0.25, 0.3) is 0 Å². The first-order valence-corrected chi connectivity index (χ1v) is 10.9. The number of fused-ring (bicyclic) bond motifs is 2. The Balaban J connectivity index is 1.26. The number of rotatable bonds is 6. The van der Waals surface area contributed by atoms with E-state index in [4.69, 9.17) is 10.5 Å². The highest BCUT2D eigenvalue weighted by Crippen LogP contribution is 2.43. The summed E-state index contributed by atoms with van der Waals surface area (Å²) in [6.45, 7) is 4.65. The fourth-order valence-corrected chi connectivity index (χ4v) is 5.67. The summed E-state index contributed by atoms with van der Waals surface area (Å²) >= 11 is 0. The van der Waals surface area contributed by atoms with E-state index in [2.05, 4.69) is 9.80 Å². The van der Waals surface area contributed by atoms with Crippen LogP contribution in [0.2, 0.25) is 0 Å². The van der Waals surface area contributed by atoms with Crippen LogP contribution < -0.4 is 5.73 Å². The number of aliphatic hydroxyl groups is 1. The van der Waals surface area contributed by atoms with E-state index in [1.807, 2.05) is 4.90 Å². The minimum Gasteiger partial charge on any atom is -0.390 e. The van der Waals surface area contributed by atoms with E-state index < -0.39 is 11.6 Å². The first-order valence-electron chi connectivity index (χ1n) is 10.9. The predicted molar refractivity (Wildman–Crippen MR) is 104 cm³/mol. The average Bonchev–Trinajstić information content (AvgIpc) is 3.27. The molecule has 2 bridgehead atoms. The van der Waals surface area contributed by atoms with Crippen LogP contribution in [-0.2, 0) is 14.3 Å². The van der Waals surface area contributed by atoms with E-state index >= 15 is 0 Å². The fourth-order valence-electron chi connectivity index (χ4n) is 5.67. The lowest BCUT2D eigenvalue weighted by molar-refractivity contribution is -0.142. The summed E-state index contributed by atoms with van der Waals surface area (Å²) < 4.78 is 5.51. The quantitative estimate of drug-likeness (QED) is 0.633. The summed E-state index contributed by atoms with van der Waals surface area (Å²) in [5.41, 5.74) is 5.22. The van der Waals surface area contributed by atoms with Crippen molar-refractivity contribution in [1.82, 2.24) is 14.7 Å². The highest BCUT2D eigenvalue weighted by Gasteiger charge is 2.52. The van der Waals surface area contributed by atoms with E-state index in [0.717, 1.165) is 58.0 Å². The molecule has 4 rings (SSSR count). The van der Waals surface area contributed by atoms with Gasteiger partial charge >= 0.3 is 0 Å². The van der Waals surface area contributed by atoms with Crippen molar-refractivity contribution in [1.29, 1.82) is 0 Å². The van der Waals surface area contributed by atoms with Gasteiger partial charge in [0.1, 0.15) is 11.6 Å². The van der Waals surface area contributed by atoms with Gasteiger partial charge in [-0.1, -0.05) is 0 Å². The molecule has 2 amide bonds. The Hall–Kier alpha value is -1.22. The van der Waals surface area contributed by atoms with Gasteiger partial charge in [-0.15, -0.1) is 0 Å². The van der Waals surface area contributed by atoms with Crippen LogP contribution in [0.4, 0.5) is 0 Å². The number of carbonyl (C=O) groups is 2. The molecular formula is C20H34N4O4. The molecule has 4 heterocycles. The van der Waals surface area contributed by atoms with Crippen LogP contribution in [-0.4, -0.2) is 101 Å². The molecule has 0 radical (unpaired) electrons. The molecule has 4 atom stereocenters. The number of amides is 2. The molecule has 28 heavy (non-hydrogen) atoms. The fraction of sp³-hybridized carbons (Fsp3) is 0.900. The van der Waals surface area contributed by atoms with Gasteiger partial charge in [-0.05, 0) is 44.9 Å². The molecule has 0 saturated carbocycles. The molecule has 4 aliphatic heterocycles. The predicted octanol–water partition coefficient (Wildman–Crippen LogP) is -0.457. The van der Waals surface area contributed by atoms with Crippen LogP contribution in [0.15, 0.2) is 0 Å². The smallest absolute Gasteiger partial charge is 0.251 e. The SMILES string of the molecule is NC(=O)[C@]12CCC[C@H](CC1)N2C[C@H](O)CN1CCN(C(=O)[C@H]2CCCO2)CC1. The number of hydrogen-bond acceptors (Lipinski definition) is 6. The zero-order valence-corrected chi connectivity index (χ0v) is 16.7. The molecule has 4 fully saturated rings. The molecule has 0 aromatic rings. The molecule has 4 aliphatic rings. The van der Waals surface area contributed by atoms with E-state index in [9.17, 15) is 14.7 Å². The van der Waals surface area contributed by atoms with Gasteiger partial charge in [-0.25, -0.2) is 0 Å². The number of nitrogens with two attached hydrogens (primary N) is 1. The highest BCUT2D eigenvalue weighted by molar-refractivity contribution is 5.85. The Kier molecular flexibility index (Phi) is 5.92. The first-order chi connectivity index (χ1) is 13.5. The van der Waals surface area contributed by atoms with Crippen LogP contribution in [0.3, 0.4) is 0 Å². The van der Waals surface area contributed by atoms with Gasteiger partial charge < -0.3 is 20.5 Å². The molecule has 0 spiro atoms. The number of nitrogens with zero attached hydrogens (tertiary/aromatic N) is 3. The maximum Gasteiger partial charge on any atom is 0.251 e. The Morgan fingerprint density at radius 2 is 1.86 bits per heavy atom. The number of primary amides is 1. The van der Waals surface area contributed by atoms with Crippen molar-refractivity contribution in [3.63, 3.8) is 0 Å². The third-order valence-electron chi connectivity index (χ3n) is 7.23. The van der Waals surface area contributed by atoms with E-state index in [-0.39, 0.29) is 17.9 Å². The van der Waals surface area contributed by atoms with Crippen LogP contribution in [0.1, 0.15) is 44.9 Å². The zero-order chi connectivity index (χ0) is 19.7. The lowest BCUT2D eigenvalue weighted by Gasteiger charge is -2.44. The Bertz CT molecular complexity index is 585. The number of piperazine rings is 1. The van der Waals surface area contributed by atoms with Crippen molar-refractivity contribution >= 4 is 11.8 Å². The number of ether oxygens (including phenoxy) is 1. The zero-order valence-electron chi connectivity index (χ0n) is 16.7.